The summed E-state index contributed by atoms with van der Waals surface area (Å²) in [5.74, 6) is -0.227. The largest absolute Gasteiger partial charge is 0.334 e. The first kappa shape index (κ1) is 15.8. The zero-order chi connectivity index (χ0) is 15.5. The SMILES string of the molecule is CCN(Cc1cccc(F)c1)C(=O)NC1CCS(=O)(=O)C1. The van der Waals surface area contributed by atoms with Crippen LogP contribution in [-0.4, -0.2) is 43.4 Å². The van der Waals surface area contributed by atoms with E-state index in [2.05, 4.69) is 5.32 Å². The fraction of sp³-hybridized carbons (Fsp3) is 0.500. The fourth-order valence-electron chi connectivity index (χ4n) is 2.36. The summed E-state index contributed by atoms with van der Waals surface area (Å²) in [5, 5.41) is 2.73. The molecule has 1 fully saturated rings. The van der Waals surface area contributed by atoms with Gasteiger partial charge in [-0.25, -0.2) is 17.6 Å². The van der Waals surface area contributed by atoms with Gasteiger partial charge in [0, 0.05) is 19.1 Å². The molecule has 1 aliphatic heterocycles. The van der Waals surface area contributed by atoms with E-state index in [9.17, 15) is 17.6 Å². The molecule has 116 valence electrons. The molecule has 0 spiro atoms. The van der Waals surface area contributed by atoms with Crippen LogP contribution in [0.15, 0.2) is 24.3 Å². The minimum Gasteiger partial charge on any atom is -0.334 e. The predicted octanol–water partition coefficient (Wildman–Crippen LogP) is 1.54. The van der Waals surface area contributed by atoms with Crippen LogP contribution in [0.3, 0.4) is 0 Å². The fourth-order valence-corrected chi connectivity index (χ4v) is 4.03. The number of nitrogens with zero attached hydrogens (tertiary/aromatic N) is 1. The molecule has 1 aromatic carbocycles. The van der Waals surface area contributed by atoms with Gasteiger partial charge in [-0.3, -0.25) is 0 Å². The van der Waals surface area contributed by atoms with Gasteiger partial charge in [0.25, 0.3) is 0 Å². The maximum atomic E-state index is 13.1. The summed E-state index contributed by atoms with van der Waals surface area (Å²) < 4.78 is 35.9. The van der Waals surface area contributed by atoms with Crippen LogP contribution in [0, 0.1) is 5.82 Å². The molecule has 0 aromatic heterocycles. The highest BCUT2D eigenvalue weighted by molar-refractivity contribution is 7.91. The van der Waals surface area contributed by atoms with Crippen LogP contribution in [0.5, 0.6) is 0 Å². The van der Waals surface area contributed by atoms with Gasteiger partial charge in [-0.1, -0.05) is 12.1 Å². The van der Waals surface area contributed by atoms with Crippen molar-refractivity contribution in [1.82, 2.24) is 10.2 Å². The summed E-state index contributed by atoms with van der Waals surface area (Å²) in [6.07, 6.45) is 0.450. The zero-order valence-corrected chi connectivity index (χ0v) is 12.7. The van der Waals surface area contributed by atoms with Gasteiger partial charge in [0.1, 0.15) is 5.82 Å². The van der Waals surface area contributed by atoms with Gasteiger partial charge in [-0.2, -0.15) is 0 Å². The first-order valence-electron chi connectivity index (χ1n) is 6.90. The van der Waals surface area contributed by atoms with Gasteiger partial charge < -0.3 is 10.2 Å². The van der Waals surface area contributed by atoms with E-state index >= 15 is 0 Å². The average Bonchev–Trinajstić information content (AvgIpc) is 2.75. The Bertz CT molecular complexity index is 618. The molecule has 1 aliphatic rings. The van der Waals surface area contributed by atoms with Crippen molar-refractivity contribution in [3.63, 3.8) is 0 Å². The number of hydrogen-bond acceptors (Lipinski definition) is 3. The molecular formula is C14H19FN2O3S. The van der Waals surface area contributed by atoms with Gasteiger partial charge in [0.15, 0.2) is 9.84 Å². The first-order valence-corrected chi connectivity index (χ1v) is 8.72. The molecular weight excluding hydrogens is 295 g/mol. The number of nitrogens with one attached hydrogen (secondary N) is 1. The number of rotatable bonds is 4. The van der Waals surface area contributed by atoms with Crippen LogP contribution in [0.2, 0.25) is 0 Å². The molecule has 2 rings (SSSR count). The van der Waals surface area contributed by atoms with E-state index in [-0.39, 0.29) is 29.4 Å². The molecule has 1 saturated heterocycles. The van der Waals surface area contributed by atoms with Crippen molar-refractivity contribution in [2.24, 2.45) is 0 Å². The number of sulfone groups is 1. The highest BCUT2D eigenvalue weighted by atomic mass is 32.2. The average molecular weight is 314 g/mol. The smallest absolute Gasteiger partial charge is 0.317 e. The number of hydrogen-bond donors (Lipinski definition) is 1. The molecule has 1 aromatic rings. The Morgan fingerprint density at radius 3 is 2.81 bits per heavy atom. The van der Waals surface area contributed by atoms with Gasteiger partial charge >= 0.3 is 6.03 Å². The lowest BCUT2D eigenvalue weighted by atomic mass is 10.2. The molecule has 0 radical (unpaired) electrons. The molecule has 5 nitrogen and oxygen atoms in total. The Balaban J connectivity index is 1.96. The van der Waals surface area contributed by atoms with E-state index in [0.29, 0.717) is 25.1 Å². The normalized spacial score (nSPS) is 20.2. The summed E-state index contributed by atoms with van der Waals surface area (Å²) in [6, 6.07) is 5.44. The van der Waals surface area contributed by atoms with Crippen molar-refractivity contribution in [3.05, 3.63) is 35.6 Å². The highest BCUT2D eigenvalue weighted by Crippen LogP contribution is 2.13. The van der Waals surface area contributed by atoms with Crippen LogP contribution < -0.4 is 5.32 Å². The summed E-state index contributed by atoms with van der Waals surface area (Å²) >= 11 is 0. The van der Waals surface area contributed by atoms with Crippen molar-refractivity contribution in [3.8, 4) is 0 Å². The molecule has 0 bridgehead atoms. The Kier molecular flexibility index (Phi) is 4.82. The number of amides is 2. The van der Waals surface area contributed by atoms with Crippen molar-refractivity contribution < 1.29 is 17.6 Å². The topological polar surface area (TPSA) is 66.5 Å². The van der Waals surface area contributed by atoms with E-state index in [1.54, 1.807) is 12.1 Å². The van der Waals surface area contributed by atoms with Gasteiger partial charge in [0.2, 0.25) is 0 Å². The molecule has 0 saturated carbocycles. The third-order valence-electron chi connectivity index (χ3n) is 3.49. The number of halogens is 1. The molecule has 2 amide bonds. The summed E-state index contributed by atoms with van der Waals surface area (Å²) in [7, 11) is -3.02. The molecule has 1 N–H and O–H groups in total. The van der Waals surface area contributed by atoms with Crippen LogP contribution >= 0.6 is 0 Å². The van der Waals surface area contributed by atoms with Gasteiger partial charge in [-0.15, -0.1) is 0 Å². The maximum absolute atomic E-state index is 13.1. The van der Waals surface area contributed by atoms with Crippen molar-refractivity contribution in [2.45, 2.75) is 25.9 Å². The van der Waals surface area contributed by atoms with E-state index in [0.717, 1.165) is 0 Å². The first-order chi connectivity index (χ1) is 9.89. The van der Waals surface area contributed by atoms with Crippen LogP contribution in [-0.2, 0) is 16.4 Å². The monoisotopic (exact) mass is 314 g/mol. The minimum absolute atomic E-state index is 0.00371. The van der Waals surface area contributed by atoms with E-state index < -0.39 is 9.84 Å². The summed E-state index contributed by atoms with van der Waals surface area (Å²) in [6.45, 7) is 2.58. The lowest BCUT2D eigenvalue weighted by Gasteiger charge is -2.23. The number of carbonyl (C=O) groups is 1. The summed E-state index contributed by atoms with van der Waals surface area (Å²) in [5.41, 5.74) is 0.700. The molecule has 1 unspecified atom stereocenters. The highest BCUT2D eigenvalue weighted by Gasteiger charge is 2.29. The number of urea groups is 1. The standard InChI is InChI=1S/C14H19FN2O3S/c1-2-17(9-11-4-3-5-12(15)8-11)14(18)16-13-6-7-21(19,20)10-13/h3-5,8,13H,2,6-7,9-10H2,1H3,(H,16,18). The quantitative estimate of drug-likeness (QED) is 0.917. The second-order valence-electron chi connectivity index (χ2n) is 5.19. The van der Waals surface area contributed by atoms with Crippen molar-refractivity contribution in [1.29, 1.82) is 0 Å². The summed E-state index contributed by atoms with van der Waals surface area (Å²) in [4.78, 5) is 13.7. The van der Waals surface area contributed by atoms with Crippen LogP contribution in [0.4, 0.5) is 9.18 Å². The molecule has 7 heteroatoms. The molecule has 1 atom stereocenters. The maximum Gasteiger partial charge on any atom is 0.317 e. The lowest BCUT2D eigenvalue weighted by Crippen LogP contribution is -2.44. The number of carbonyl (C=O) groups excluding carboxylic acids is 1. The molecule has 1 heterocycles. The van der Waals surface area contributed by atoms with E-state index in [4.69, 9.17) is 0 Å². The third kappa shape index (κ3) is 4.42. The van der Waals surface area contributed by atoms with Crippen molar-refractivity contribution in [2.75, 3.05) is 18.1 Å². The van der Waals surface area contributed by atoms with Crippen LogP contribution in [0.25, 0.3) is 0 Å². The Morgan fingerprint density at radius 2 is 2.24 bits per heavy atom. The predicted molar refractivity (Wildman–Crippen MR) is 78.1 cm³/mol. The van der Waals surface area contributed by atoms with Crippen LogP contribution in [0.1, 0.15) is 18.9 Å². The molecule has 0 aliphatic carbocycles. The molecule has 21 heavy (non-hydrogen) atoms. The number of benzene rings is 1. The van der Waals surface area contributed by atoms with E-state index in [1.807, 2.05) is 6.92 Å². The Labute approximate surface area is 124 Å². The van der Waals surface area contributed by atoms with Gasteiger partial charge in [0.05, 0.1) is 11.5 Å². The lowest BCUT2D eigenvalue weighted by molar-refractivity contribution is 0.195. The third-order valence-corrected chi connectivity index (χ3v) is 5.26. The van der Waals surface area contributed by atoms with E-state index in [1.165, 1.54) is 17.0 Å². The zero-order valence-electron chi connectivity index (χ0n) is 11.9. The van der Waals surface area contributed by atoms with Gasteiger partial charge in [-0.05, 0) is 31.0 Å². The Morgan fingerprint density at radius 1 is 1.48 bits per heavy atom. The van der Waals surface area contributed by atoms with Crippen molar-refractivity contribution >= 4 is 15.9 Å². The second-order valence-corrected chi connectivity index (χ2v) is 7.42. The Hall–Kier alpha value is -1.63. The second kappa shape index (κ2) is 6.43. The minimum atomic E-state index is -3.02.